The molecule has 0 bridgehead atoms. The molecular weight excluding hydrogens is 304 g/mol. The van der Waals surface area contributed by atoms with Crippen LogP contribution >= 0.6 is 0 Å². The maximum Gasteiger partial charge on any atom is 0.258 e. The molecule has 0 N–H and O–H groups in total. The summed E-state index contributed by atoms with van der Waals surface area (Å²) in [7, 11) is 4.26. The number of hydrogen-bond donors (Lipinski definition) is 0. The molecule has 128 valence electrons. The Balaban J connectivity index is 1.48. The number of ether oxygens (including phenoxy) is 1. The van der Waals surface area contributed by atoms with Gasteiger partial charge in [-0.15, -0.1) is 0 Å². The van der Waals surface area contributed by atoms with Crippen molar-refractivity contribution in [1.82, 2.24) is 15.0 Å². The van der Waals surface area contributed by atoms with Gasteiger partial charge in [0.05, 0.1) is 12.2 Å². The topological polar surface area (TPSA) is 54.6 Å². The molecule has 1 aromatic heterocycles. The molecule has 0 unspecified atom stereocenters. The van der Waals surface area contributed by atoms with Gasteiger partial charge in [0.2, 0.25) is 0 Å². The summed E-state index contributed by atoms with van der Waals surface area (Å²) in [5, 5.41) is 4.18. The van der Waals surface area contributed by atoms with Crippen LogP contribution in [-0.2, 0) is 6.42 Å². The molecule has 6 heteroatoms. The number of likely N-dealkylation sites (tertiary alicyclic amines) is 1. The highest BCUT2D eigenvalue weighted by Crippen LogP contribution is 2.34. The van der Waals surface area contributed by atoms with E-state index in [1.165, 1.54) is 12.8 Å². The summed E-state index contributed by atoms with van der Waals surface area (Å²) in [6.45, 7) is 3.93. The van der Waals surface area contributed by atoms with Crippen molar-refractivity contribution in [2.45, 2.75) is 19.3 Å². The summed E-state index contributed by atoms with van der Waals surface area (Å²) in [5.41, 5.74) is 2.03. The predicted molar refractivity (Wildman–Crippen MR) is 92.4 cm³/mol. The van der Waals surface area contributed by atoms with Gasteiger partial charge in [-0.2, -0.15) is 4.98 Å². The molecule has 24 heavy (non-hydrogen) atoms. The van der Waals surface area contributed by atoms with Crippen molar-refractivity contribution < 1.29 is 9.26 Å². The van der Waals surface area contributed by atoms with Crippen LogP contribution in [0.5, 0.6) is 5.75 Å². The smallest absolute Gasteiger partial charge is 0.258 e. The van der Waals surface area contributed by atoms with E-state index in [1.54, 1.807) is 0 Å². The molecule has 1 saturated heterocycles. The van der Waals surface area contributed by atoms with Gasteiger partial charge in [0.15, 0.2) is 5.82 Å². The predicted octanol–water partition coefficient (Wildman–Crippen LogP) is 2.45. The number of nitrogens with zero attached hydrogens (tertiary/aromatic N) is 4. The van der Waals surface area contributed by atoms with Crippen LogP contribution in [0.25, 0.3) is 11.5 Å². The lowest BCUT2D eigenvalue weighted by Crippen LogP contribution is -2.31. The number of anilines is 1. The first-order valence-corrected chi connectivity index (χ1v) is 8.68. The molecule has 0 spiro atoms. The number of rotatable bonds is 3. The Morgan fingerprint density at radius 3 is 2.83 bits per heavy atom. The number of aromatic nitrogens is 2. The van der Waals surface area contributed by atoms with Crippen LogP contribution in [0, 0.1) is 5.92 Å². The Morgan fingerprint density at radius 2 is 2.00 bits per heavy atom. The zero-order chi connectivity index (χ0) is 16.5. The minimum absolute atomic E-state index is 0.581. The molecule has 1 fully saturated rings. The van der Waals surface area contributed by atoms with Crippen LogP contribution < -0.4 is 9.64 Å². The third-order valence-electron chi connectivity index (χ3n) is 5.08. The van der Waals surface area contributed by atoms with Gasteiger partial charge in [0, 0.05) is 19.0 Å². The largest absolute Gasteiger partial charge is 0.490 e. The van der Waals surface area contributed by atoms with Gasteiger partial charge in [-0.25, -0.2) is 0 Å². The maximum absolute atomic E-state index is 5.76. The Bertz CT molecular complexity index is 707. The highest BCUT2D eigenvalue weighted by atomic mass is 16.5. The molecule has 2 aromatic rings. The first-order valence-electron chi connectivity index (χ1n) is 8.68. The average molecular weight is 328 g/mol. The summed E-state index contributed by atoms with van der Waals surface area (Å²) in [5.74, 6) is 2.94. The Kier molecular flexibility index (Phi) is 4.14. The number of likely N-dealkylation sites (N-methyl/N-ethyl adjacent to an activating group) is 1. The standard InChI is InChI=1S/C18H24N4O2/c1-21-7-5-13(6-8-21)11-17-19-18(24-20-17)14-3-4-15-16(12-14)23-10-9-22(15)2/h3-4,12-13H,5-11H2,1-2H3. The summed E-state index contributed by atoms with van der Waals surface area (Å²) in [6.07, 6.45) is 3.32. The summed E-state index contributed by atoms with van der Waals surface area (Å²) in [6, 6.07) is 6.08. The molecule has 0 amide bonds. The molecule has 4 rings (SSSR count). The van der Waals surface area contributed by atoms with E-state index in [9.17, 15) is 0 Å². The lowest BCUT2D eigenvalue weighted by Gasteiger charge is -2.28. The molecule has 1 aromatic carbocycles. The van der Waals surface area contributed by atoms with E-state index in [0.717, 1.165) is 48.9 Å². The molecule has 0 aliphatic carbocycles. The minimum Gasteiger partial charge on any atom is -0.490 e. The SMILES string of the molecule is CN1CCC(Cc2noc(-c3ccc4c(c3)OCCN4C)n2)CC1. The first-order chi connectivity index (χ1) is 11.7. The summed E-state index contributed by atoms with van der Waals surface area (Å²) < 4.78 is 11.2. The highest BCUT2D eigenvalue weighted by Gasteiger charge is 2.21. The highest BCUT2D eigenvalue weighted by molar-refractivity contribution is 5.67. The van der Waals surface area contributed by atoms with Crippen LogP contribution in [0.3, 0.4) is 0 Å². The van der Waals surface area contributed by atoms with E-state index in [4.69, 9.17) is 9.26 Å². The Labute approximate surface area is 142 Å². The van der Waals surface area contributed by atoms with Gasteiger partial charge in [-0.3, -0.25) is 0 Å². The second-order valence-electron chi connectivity index (χ2n) is 6.92. The molecular formula is C18H24N4O2. The number of benzene rings is 1. The van der Waals surface area contributed by atoms with E-state index in [-0.39, 0.29) is 0 Å². The van der Waals surface area contributed by atoms with Crippen molar-refractivity contribution >= 4 is 5.69 Å². The second kappa shape index (κ2) is 6.43. The van der Waals surface area contributed by atoms with Crippen molar-refractivity contribution in [3.05, 3.63) is 24.0 Å². The molecule has 0 saturated carbocycles. The quantitative estimate of drug-likeness (QED) is 0.863. The third-order valence-corrected chi connectivity index (χ3v) is 5.08. The van der Waals surface area contributed by atoms with Crippen molar-refractivity contribution in [1.29, 1.82) is 0 Å². The zero-order valence-electron chi connectivity index (χ0n) is 14.4. The maximum atomic E-state index is 5.76. The van der Waals surface area contributed by atoms with Gasteiger partial charge in [0.1, 0.15) is 12.4 Å². The lowest BCUT2D eigenvalue weighted by molar-refractivity contribution is 0.216. The molecule has 0 atom stereocenters. The van der Waals surface area contributed by atoms with Gasteiger partial charge < -0.3 is 19.1 Å². The number of piperidine rings is 1. The third kappa shape index (κ3) is 3.11. The van der Waals surface area contributed by atoms with Crippen molar-refractivity contribution in [3.63, 3.8) is 0 Å². The van der Waals surface area contributed by atoms with Crippen LogP contribution in [0.2, 0.25) is 0 Å². The lowest BCUT2D eigenvalue weighted by atomic mass is 9.94. The molecule has 2 aliphatic heterocycles. The normalized spacial score (nSPS) is 19.2. The van der Waals surface area contributed by atoms with Crippen LogP contribution in [0.4, 0.5) is 5.69 Å². The first kappa shape index (κ1) is 15.4. The van der Waals surface area contributed by atoms with E-state index in [1.807, 2.05) is 12.1 Å². The Hall–Kier alpha value is -2.08. The van der Waals surface area contributed by atoms with E-state index < -0.39 is 0 Å². The molecule has 2 aliphatic rings. The van der Waals surface area contributed by atoms with Crippen molar-refractivity contribution in [2.75, 3.05) is 45.2 Å². The summed E-state index contributed by atoms with van der Waals surface area (Å²) >= 11 is 0. The van der Waals surface area contributed by atoms with Gasteiger partial charge in [0.25, 0.3) is 5.89 Å². The Morgan fingerprint density at radius 1 is 1.17 bits per heavy atom. The molecule has 6 nitrogen and oxygen atoms in total. The zero-order valence-corrected chi connectivity index (χ0v) is 14.4. The fraction of sp³-hybridized carbons (Fsp3) is 0.556. The van der Waals surface area contributed by atoms with Gasteiger partial charge in [-0.1, -0.05) is 5.16 Å². The monoisotopic (exact) mass is 328 g/mol. The number of fused-ring (bicyclic) bond motifs is 1. The van der Waals surface area contributed by atoms with E-state index >= 15 is 0 Å². The van der Waals surface area contributed by atoms with Gasteiger partial charge in [-0.05, 0) is 57.1 Å². The van der Waals surface area contributed by atoms with Crippen LogP contribution in [0.15, 0.2) is 22.7 Å². The fourth-order valence-electron chi connectivity index (χ4n) is 3.47. The fourth-order valence-corrected chi connectivity index (χ4v) is 3.47. The molecule has 0 radical (unpaired) electrons. The van der Waals surface area contributed by atoms with Crippen LogP contribution in [-0.4, -0.2) is 55.4 Å². The van der Waals surface area contributed by atoms with Gasteiger partial charge >= 0.3 is 0 Å². The summed E-state index contributed by atoms with van der Waals surface area (Å²) in [4.78, 5) is 9.17. The molecule has 3 heterocycles. The second-order valence-corrected chi connectivity index (χ2v) is 6.92. The van der Waals surface area contributed by atoms with E-state index in [0.29, 0.717) is 18.4 Å². The number of hydrogen-bond acceptors (Lipinski definition) is 6. The van der Waals surface area contributed by atoms with E-state index in [2.05, 4.69) is 40.1 Å². The average Bonchev–Trinajstić information content (AvgIpc) is 3.05. The van der Waals surface area contributed by atoms with Crippen molar-refractivity contribution in [3.8, 4) is 17.2 Å². The minimum atomic E-state index is 0.581. The van der Waals surface area contributed by atoms with Crippen LogP contribution in [0.1, 0.15) is 18.7 Å². The van der Waals surface area contributed by atoms with Crippen molar-refractivity contribution in [2.24, 2.45) is 5.92 Å².